The smallest absolute Gasteiger partial charge is 0.330 e. The summed E-state index contributed by atoms with van der Waals surface area (Å²) in [7, 11) is -4.18. The Bertz CT molecular complexity index is 932. The molecule has 132 valence electrons. The number of H-pyrrole nitrogens is 1. The lowest BCUT2D eigenvalue weighted by atomic mass is 9.89. The number of hydrogen-bond acceptors (Lipinski definition) is 9. The molecule has 0 bridgehead atoms. The SMILES string of the molecule is Cc1cn([C@@H]2OC(CO)C3(OS(=O)(=O)C=C3N)[C@H]2O)c(=O)[nH]c1=O. The summed E-state index contributed by atoms with van der Waals surface area (Å²) < 4.78 is 34.5. The van der Waals surface area contributed by atoms with E-state index in [1.54, 1.807) is 0 Å². The van der Waals surface area contributed by atoms with Gasteiger partial charge in [0.2, 0.25) is 0 Å². The molecule has 1 fully saturated rings. The maximum absolute atomic E-state index is 12.0. The molecule has 4 atom stereocenters. The van der Waals surface area contributed by atoms with E-state index in [4.69, 9.17) is 14.7 Å². The molecule has 1 aromatic rings. The molecule has 1 aromatic heterocycles. The fourth-order valence-corrected chi connectivity index (χ4v) is 4.12. The van der Waals surface area contributed by atoms with E-state index in [9.17, 15) is 28.2 Å². The second-order valence-corrected chi connectivity index (χ2v) is 6.95. The van der Waals surface area contributed by atoms with Gasteiger partial charge in [-0.2, -0.15) is 8.42 Å². The summed E-state index contributed by atoms with van der Waals surface area (Å²) in [6.45, 7) is 0.703. The van der Waals surface area contributed by atoms with E-state index >= 15 is 0 Å². The Morgan fingerprint density at radius 3 is 2.67 bits per heavy atom. The van der Waals surface area contributed by atoms with Crippen LogP contribution in [0.3, 0.4) is 0 Å². The van der Waals surface area contributed by atoms with Crippen molar-refractivity contribution in [3.63, 3.8) is 0 Å². The fraction of sp³-hybridized carbons (Fsp3) is 0.500. The molecule has 24 heavy (non-hydrogen) atoms. The monoisotopic (exact) mass is 361 g/mol. The van der Waals surface area contributed by atoms with Crippen LogP contribution in [0.25, 0.3) is 0 Å². The summed E-state index contributed by atoms with van der Waals surface area (Å²) in [5.41, 5.74) is 1.96. The van der Waals surface area contributed by atoms with Crippen molar-refractivity contribution in [2.24, 2.45) is 5.73 Å². The number of aromatic nitrogens is 2. The quantitative estimate of drug-likeness (QED) is 0.400. The van der Waals surface area contributed by atoms with E-state index in [0.717, 1.165) is 10.8 Å². The number of rotatable bonds is 2. The van der Waals surface area contributed by atoms with Gasteiger partial charge in [-0.25, -0.2) is 8.98 Å². The third-order valence-corrected chi connectivity index (χ3v) is 5.10. The molecule has 11 nitrogen and oxygen atoms in total. The van der Waals surface area contributed by atoms with Crippen molar-refractivity contribution < 1.29 is 27.6 Å². The van der Waals surface area contributed by atoms with Gasteiger partial charge in [0.05, 0.1) is 17.7 Å². The summed E-state index contributed by atoms with van der Waals surface area (Å²) in [4.78, 5) is 25.5. The molecule has 0 radical (unpaired) electrons. The van der Waals surface area contributed by atoms with E-state index in [1.807, 2.05) is 4.98 Å². The highest BCUT2D eigenvalue weighted by Crippen LogP contribution is 2.46. The van der Waals surface area contributed by atoms with Crippen LogP contribution in [0.5, 0.6) is 0 Å². The van der Waals surface area contributed by atoms with Crippen LogP contribution in [0.1, 0.15) is 11.8 Å². The van der Waals surface area contributed by atoms with E-state index in [0.29, 0.717) is 5.41 Å². The third kappa shape index (κ3) is 2.22. The highest BCUT2D eigenvalue weighted by atomic mass is 32.2. The summed E-state index contributed by atoms with van der Waals surface area (Å²) >= 11 is 0. The molecule has 5 N–H and O–H groups in total. The number of nitrogens with zero attached hydrogens (tertiary/aromatic N) is 1. The first-order valence-electron chi connectivity index (χ1n) is 6.82. The topological polar surface area (TPSA) is 174 Å². The number of aromatic amines is 1. The first-order valence-corrected chi connectivity index (χ1v) is 8.29. The van der Waals surface area contributed by atoms with E-state index in [2.05, 4.69) is 0 Å². The van der Waals surface area contributed by atoms with Crippen molar-refractivity contribution in [2.75, 3.05) is 6.61 Å². The predicted molar refractivity (Wildman–Crippen MR) is 78.1 cm³/mol. The van der Waals surface area contributed by atoms with Crippen LogP contribution >= 0.6 is 0 Å². The molecule has 3 heterocycles. The fourth-order valence-electron chi connectivity index (χ4n) is 2.89. The molecule has 1 spiro atoms. The Morgan fingerprint density at radius 2 is 2.12 bits per heavy atom. The summed E-state index contributed by atoms with van der Waals surface area (Å²) in [6.07, 6.45) is -3.35. The lowest BCUT2D eigenvalue weighted by Gasteiger charge is -2.30. The number of aryl methyl sites for hydroxylation is 1. The average molecular weight is 361 g/mol. The standard InChI is InChI=1S/C12H15N3O8S/c1-5-2-15(11(19)14-9(5)18)10-8(17)12(7(3-16)22-10)6(13)4-24(20,21)23-12/h2,4,7-8,10,16-17H,3,13H2,1H3,(H,14,18,19)/t7?,8-,10+,12?/m0/s1. The molecule has 0 aromatic carbocycles. The van der Waals surface area contributed by atoms with Crippen LogP contribution in [0.15, 0.2) is 26.9 Å². The molecule has 0 saturated carbocycles. The van der Waals surface area contributed by atoms with Gasteiger partial charge in [-0.3, -0.25) is 14.3 Å². The minimum atomic E-state index is -4.18. The van der Waals surface area contributed by atoms with Gasteiger partial charge in [0.15, 0.2) is 11.8 Å². The summed E-state index contributed by atoms with van der Waals surface area (Å²) in [6, 6.07) is 0. The van der Waals surface area contributed by atoms with Crippen molar-refractivity contribution >= 4 is 10.1 Å². The Hall–Kier alpha value is -1.99. The molecule has 1 saturated heterocycles. The van der Waals surface area contributed by atoms with Crippen LogP contribution in [0.2, 0.25) is 0 Å². The number of aliphatic hydroxyl groups excluding tert-OH is 2. The van der Waals surface area contributed by atoms with Crippen molar-refractivity contribution in [3.8, 4) is 0 Å². The van der Waals surface area contributed by atoms with E-state index in [-0.39, 0.29) is 11.3 Å². The zero-order valence-corrected chi connectivity index (χ0v) is 13.2. The van der Waals surface area contributed by atoms with Crippen LogP contribution < -0.4 is 17.0 Å². The maximum atomic E-state index is 12.0. The first kappa shape index (κ1) is 16.9. The summed E-state index contributed by atoms with van der Waals surface area (Å²) in [5, 5.41) is 20.7. The zero-order valence-electron chi connectivity index (χ0n) is 12.4. The van der Waals surface area contributed by atoms with E-state index in [1.165, 1.54) is 6.92 Å². The number of ether oxygens (including phenoxy) is 1. The number of nitrogens with two attached hydrogens (primary N) is 1. The van der Waals surface area contributed by atoms with Crippen LogP contribution in [0.4, 0.5) is 0 Å². The summed E-state index contributed by atoms with van der Waals surface area (Å²) in [5.74, 6) is 0. The lowest BCUT2D eigenvalue weighted by Crippen LogP contribution is -2.53. The molecular weight excluding hydrogens is 346 g/mol. The Morgan fingerprint density at radius 1 is 1.46 bits per heavy atom. The van der Waals surface area contributed by atoms with Gasteiger partial charge in [-0.05, 0) is 6.92 Å². The molecular formula is C12H15N3O8S. The molecule has 0 aliphatic carbocycles. The highest BCUT2D eigenvalue weighted by Gasteiger charge is 2.64. The zero-order chi connectivity index (χ0) is 17.9. The minimum absolute atomic E-state index is 0.162. The second-order valence-electron chi connectivity index (χ2n) is 5.56. The average Bonchev–Trinajstić information content (AvgIpc) is 2.89. The number of hydrogen-bond donors (Lipinski definition) is 4. The molecule has 12 heteroatoms. The normalized spacial score (nSPS) is 34.6. The predicted octanol–water partition coefficient (Wildman–Crippen LogP) is -3.01. The largest absolute Gasteiger partial charge is 0.399 e. The van der Waals surface area contributed by atoms with Gasteiger partial charge < -0.3 is 20.7 Å². The van der Waals surface area contributed by atoms with Gasteiger partial charge in [0.25, 0.3) is 15.7 Å². The van der Waals surface area contributed by atoms with Gasteiger partial charge in [-0.15, -0.1) is 0 Å². The molecule has 2 unspecified atom stereocenters. The maximum Gasteiger partial charge on any atom is 0.330 e. The third-order valence-electron chi connectivity index (χ3n) is 4.05. The van der Waals surface area contributed by atoms with Crippen LogP contribution in [-0.2, 0) is 19.0 Å². The van der Waals surface area contributed by atoms with Crippen molar-refractivity contribution in [1.82, 2.24) is 9.55 Å². The van der Waals surface area contributed by atoms with Gasteiger partial charge in [-0.1, -0.05) is 0 Å². The lowest BCUT2D eigenvalue weighted by molar-refractivity contribution is -0.0591. The molecule has 2 aliphatic rings. The van der Waals surface area contributed by atoms with E-state index < -0.39 is 52.0 Å². The molecule has 2 aliphatic heterocycles. The first-order chi connectivity index (χ1) is 11.1. The Labute approximate surface area is 135 Å². The Kier molecular flexibility index (Phi) is 3.69. The highest BCUT2D eigenvalue weighted by molar-refractivity contribution is 7.90. The van der Waals surface area contributed by atoms with Crippen molar-refractivity contribution in [1.29, 1.82) is 0 Å². The van der Waals surface area contributed by atoms with Crippen molar-refractivity contribution in [3.05, 3.63) is 43.7 Å². The van der Waals surface area contributed by atoms with Gasteiger partial charge >= 0.3 is 5.69 Å². The van der Waals surface area contributed by atoms with Crippen LogP contribution in [0, 0.1) is 6.92 Å². The molecule has 0 amide bonds. The van der Waals surface area contributed by atoms with Crippen LogP contribution in [-0.4, -0.2) is 52.6 Å². The number of aliphatic hydroxyl groups is 2. The minimum Gasteiger partial charge on any atom is -0.399 e. The number of nitrogens with one attached hydrogen (secondary N) is 1. The van der Waals surface area contributed by atoms with Gasteiger partial charge in [0.1, 0.15) is 12.2 Å². The van der Waals surface area contributed by atoms with Crippen molar-refractivity contribution in [2.45, 2.75) is 31.0 Å². The molecule has 3 rings (SSSR count). The second kappa shape index (κ2) is 5.26. The van der Waals surface area contributed by atoms with Gasteiger partial charge in [0, 0.05) is 11.8 Å². The Balaban J connectivity index is 2.13.